The third kappa shape index (κ3) is 5.49. The van der Waals surface area contributed by atoms with Gasteiger partial charge in [-0.15, -0.1) is 4.72 Å². The van der Waals surface area contributed by atoms with Crippen molar-refractivity contribution in [2.75, 3.05) is 13.1 Å². The predicted molar refractivity (Wildman–Crippen MR) is 111 cm³/mol. The summed E-state index contributed by atoms with van der Waals surface area (Å²) in [5.41, 5.74) is 2.72. The highest BCUT2D eigenvalue weighted by Crippen LogP contribution is 2.20. The van der Waals surface area contributed by atoms with Crippen molar-refractivity contribution < 1.29 is 9.29 Å². The van der Waals surface area contributed by atoms with Crippen LogP contribution in [-0.4, -0.2) is 34.7 Å². The van der Waals surface area contributed by atoms with E-state index in [1.54, 1.807) is 6.07 Å². The average Bonchev–Trinajstić information content (AvgIpc) is 3.10. The molecule has 2 atom stereocenters. The smallest absolute Gasteiger partial charge is 0.175 e. The number of benzene rings is 2. The average molecular weight is 398 g/mol. The lowest BCUT2D eigenvalue weighted by Crippen LogP contribution is -2.37. The number of nitriles is 1. The first-order valence-corrected chi connectivity index (χ1v) is 10.8. The molecule has 5 nitrogen and oxygen atoms in total. The Morgan fingerprint density at radius 2 is 2.04 bits per heavy atom. The molecule has 2 aromatic carbocycles. The van der Waals surface area contributed by atoms with Crippen molar-refractivity contribution in [2.45, 2.75) is 50.8 Å². The van der Waals surface area contributed by atoms with E-state index in [9.17, 15) is 4.55 Å². The summed E-state index contributed by atoms with van der Waals surface area (Å²) in [4.78, 5) is 3.02. The van der Waals surface area contributed by atoms with Gasteiger partial charge in [0.2, 0.25) is 0 Å². The number of nitrogens with one attached hydrogen (secondary N) is 1. The molecular weight excluding hydrogens is 370 g/mol. The van der Waals surface area contributed by atoms with Crippen LogP contribution in [0.15, 0.2) is 47.4 Å². The van der Waals surface area contributed by atoms with Crippen LogP contribution in [0.3, 0.4) is 0 Å². The summed E-state index contributed by atoms with van der Waals surface area (Å²) in [6.07, 6.45) is 1.13. The Labute approximate surface area is 170 Å². The summed E-state index contributed by atoms with van der Waals surface area (Å²) >= 11 is -1.31. The van der Waals surface area contributed by atoms with Crippen LogP contribution in [0.5, 0.6) is 5.75 Å². The molecule has 6 heteroatoms. The molecule has 1 aliphatic rings. The maximum absolute atomic E-state index is 12.6. The summed E-state index contributed by atoms with van der Waals surface area (Å²) in [6, 6.07) is 16.0. The minimum absolute atomic E-state index is 0.176. The lowest BCUT2D eigenvalue weighted by atomic mass is 10.1. The van der Waals surface area contributed by atoms with E-state index in [2.05, 4.69) is 27.8 Å². The molecule has 1 fully saturated rings. The minimum Gasteiger partial charge on any atom is -0.593 e. The molecule has 0 aromatic heterocycles. The van der Waals surface area contributed by atoms with Gasteiger partial charge in [-0.2, -0.15) is 5.26 Å². The van der Waals surface area contributed by atoms with Gasteiger partial charge in [0.05, 0.1) is 35.1 Å². The molecule has 1 N–H and O–H groups in total. The fourth-order valence-corrected chi connectivity index (χ4v) is 4.38. The van der Waals surface area contributed by atoms with E-state index in [1.165, 1.54) is 5.56 Å². The largest absolute Gasteiger partial charge is 0.593 e. The van der Waals surface area contributed by atoms with Gasteiger partial charge in [-0.25, -0.2) is 0 Å². The van der Waals surface area contributed by atoms with E-state index in [1.807, 2.05) is 45.0 Å². The lowest BCUT2D eigenvalue weighted by Gasteiger charge is -2.18. The number of aryl methyl sites for hydroxylation is 1. The van der Waals surface area contributed by atoms with Crippen LogP contribution in [0.2, 0.25) is 0 Å². The summed E-state index contributed by atoms with van der Waals surface area (Å²) < 4.78 is 21.5. The Morgan fingerprint density at radius 3 is 2.71 bits per heavy atom. The second-order valence-corrected chi connectivity index (χ2v) is 8.75. The Hall–Kier alpha value is -2.04. The molecule has 0 radical (unpaired) electrons. The summed E-state index contributed by atoms with van der Waals surface area (Å²) in [5.74, 6) is 0.893. The van der Waals surface area contributed by atoms with Crippen molar-refractivity contribution in [2.24, 2.45) is 0 Å². The van der Waals surface area contributed by atoms with Crippen LogP contribution in [0, 0.1) is 18.3 Å². The Balaban J connectivity index is 1.52. The van der Waals surface area contributed by atoms with E-state index < -0.39 is 11.4 Å². The third-order valence-corrected chi connectivity index (χ3v) is 6.02. The maximum atomic E-state index is 12.6. The highest BCUT2D eigenvalue weighted by atomic mass is 32.2. The van der Waals surface area contributed by atoms with Crippen LogP contribution in [0.1, 0.15) is 37.0 Å². The van der Waals surface area contributed by atoms with E-state index >= 15 is 0 Å². The highest BCUT2D eigenvalue weighted by Gasteiger charge is 2.27. The van der Waals surface area contributed by atoms with Crippen molar-refractivity contribution in [3.63, 3.8) is 0 Å². The number of nitrogens with zero attached hydrogens (tertiary/aromatic N) is 2. The molecule has 3 rings (SSSR count). The zero-order valence-electron chi connectivity index (χ0n) is 16.6. The molecule has 0 saturated carbocycles. The third-order valence-electron chi connectivity index (χ3n) is 4.79. The van der Waals surface area contributed by atoms with Crippen LogP contribution in [0.4, 0.5) is 0 Å². The minimum atomic E-state index is -1.31. The van der Waals surface area contributed by atoms with Gasteiger partial charge < -0.3 is 9.29 Å². The molecule has 0 amide bonds. The van der Waals surface area contributed by atoms with Gasteiger partial charge in [0, 0.05) is 25.7 Å². The van der Waals surface area contributed by atoms with Crippen molar-refractivity contribution in [3.8, 4) is 11.8 Å². The second-order valence-electron chi connectivity index (χ2n) is 7.51. The molecule has 0 spiro atoms. The number of hydrogen-bond donors (Lipinski definition) is 1. The highest BCUT2D eigenvalue weighted by molar-refractivity contribution is 7.89. The second kappa shape index (κ2) is 9.44. The molecule has 1 unspecified atom stereocenters. The fraction of sp³-hybridized carbons (Fsp3) is 0.409. The quantitative estimate of drug-likeness (QED) is 0.724. The Kier molecular flexibility index (Phi) is 6.97. The van der Waals surface area contributed by atoms with Gasteiger partial charge >= 0.3 is 0 Å². The number of hydrogen-bond acceptors (Lipinski definition) is 5. The van der Waals surface area contributed by atoms with Crippen LogP contribution >= 0.6 is 0 Å². The van der Waals surface area contributed by atoms with E-state index in [-0.39, 0.29) is 12.1 Å². The van der Waals surface area contributed by atoms with Crippen LogP contribution in [-0.2, 0) is 17.9 Å². The molecular formula is C22H27N3O2S. The molecule has 1 saturated heterocycles. The first-order chi connectivity index (χ1) is 13.4. The van der Waals surface area contributed by atoms with Gasteiger partial charge in [-0.05, 0) is 56.5 Å². The molecule has 0 bridgehead atoms. The van der Waals surface area contributed by atoms with Crippen LogP contribution < -0.4 is 9.46 Å². The molecule has 2 aromatic rings. The maximum Gasteiger partial charge on any atom is 0.175 e. The van der Waals surface area contributed by atoms with Gasteiger partial charge in [0.25, 0.3) is 0 Å². The molecule has 1 aliphatic heterocycles. The van der Waals surface area contributed by atoms with Crippen molar-refractivity contribution >= 4 is 11.4 Å². The first-order valence-electron chi connectivity index (χ1n) is 9.61. The van der Waals surface area contributed by atoms with E-state index in [0.29, 0.717) is 10.5 Å². The van der Waals surface area contributed by atoms with Gasteiger partial charge in [-0.3, -0.25) is 4.90 Å². The zero-order valence-corrected chi connectivity index (χ0v) is 17.5. The van der Waals surface area contributed by atoms with Crippen LogP contribution in [0.25, 0.3) is 0 Å². The van der Waals surface area contributed by atoms with Crippen molar-refractivity contribution in [3.05, 3.63) is 59.2 Å². The lowest BCUT2D eigenvalue weighted by molar-refractivity contribution is 0.242. The van der Waals surface area contributed by atoms with Crippen molar-refractivity contribution in [1.82, 2.24) is 9.62 Å². The topological polar surface area (TPSA) is 71.3 Å². The fourth-order valence-electron chi connectivity index (χ4n) is 3.33. The normalized spacial score (nSPS) is 18.2. The Bertz CT molecular complexity index is 833. The van der Waals surface area contributed by atoms with Gasteiger partial charge in [0.1, 0.15) is 5.75 Å². The number of rotatable bonds is 7. The van der Waals surface area contributed by atoms with Crippen molar-refractivity contribution in [1.29, 1.82) is 5.26 Å². The van der Waals surface area contributed by atoms with E-state index in [4.69, 9.17) is 10.00 Å². The van der Waals surface area contributed by atoms with Gasteiger partial charge in [-0.1, -0.05) is 18.2 Å². The summed E-state index contributed by atoms with van der Waals surface area (Å²) in [6.45, 7) is 8.62. The summed E-state index contributed by atoms with van der Waals surface area (Å²) in [7, 11) is 0. The molecule has 28 heavy (non-hydrogen) atoms. The Morgan fingerprint density at radius 1 is 1.29 bits per heavy atom. The standard InChI is InChI=1S/C22H27N3O2S/c1-16(2)27-21-7-5-18(6-8-21)14-25-11-10-20(15-25)24-28(26)22-9-4-17(3)19(12-22)13-23/h4-9,12,16,20,24H,10-11,14-15H2,1-3H3/t20-,28?/m1/s1. The molecule has 148 valence electrons. The number of likely N-dealkylation sites (tertiary alicyclic amines) is 1. The van der Waals surface area contributed by atoms with E-state index in [0.717, 1.165) is 37.4 Å². The first kappa shape index (κ1) is 20.7. The summed E-state index contributed by atoms with van der Waals surface area (Å²) in [5, 5.41) is 9.16. The van der Waals surface area contributed by atoms with Gasteiger partial charge in [0.15, 0.2) is 4.90 Å². The number of ether oxygens (including phenoxy) is 1. The molecule has 1 heterocycles. The SMILES string of the molecule is Cc1ccc([S+]([O-])N[C@@H]2CCN(Cc3ccc(OC(C)C)cc3)C2)cc1C#N. The predicted octanol–water partition coefficient (Wildman–Crippen LogP) is 3.54. The zero-order chi connectivity index (χ0) is 20.1. The molecule has 0 aliphatic carbocycles. The monoisotopic (exact) mass is 397 g/mol.